The molecule has 11 heteroatoms. The highest BCUT2D eigenvalue weighted by atomic mass is 32.1. The first-order valence-electron chi connectivity index (χ1n) is 11.0. The Bertz CT molecular complexity index is 1780. The van der Waals surface area contributed by atoms with Crippen molar-refractivity contribution in [2.45, 2.75) is 6.67 Å². The first-order valence-corrected chi connectivity index (χ1v) is 11.4. The molecule has 0 saturated carbocycles. The second kappa shape index (κ2) is 7.71. The van der Waals surface area contributed by atoms with Gasteiger partial charge in [-0.15, -0.1) is 5.10 Å². The van der Waals surface area contributed by atoms with Crippen molar-refractivity contribution in [3.8, 4) is 28.4 Å². The number of H-pyrrole nitrogens is 2. The predicted octanol–water partition coefficient (Wildman–Crippen LogP) is 4.62. The Kier molecular flexibility index (Phi) is 4.36. The zero-order valence-electron chi connectivity index (χ0n) is 18.2. The van der Waals surface area contributed by atoms with Gasteiger partial charge in [0.2, 0.25) is 6.79 Å². The summed E-state index contributed by atoms with van der Waals surface area (Å²) in [6, 6.07) is 19.7. The maximum absolute atomic E-state index is 5.79. The number of nitrogens with one attached hydrogen (secondary N) is 3. The van der Waals surface area contributed by atoms with Crippen molar-refractivity contribution in [3.63, 3.8) is 0 Å². The third-order valence-corrected chi connectivity index (χ3v) is 6.31. The van der Waals surface area contributed by atoms with E-state index in [0.717, 1.165) is 50.6 Å². The maximum Gasteiger partial charge on any atom is 0.231 e. The van der Waals surface area contributed by atoms with Gasteiger partial charge < -0.3 is 24.8 Å². The molecule has 0 atom stereocenters. The third kappa shape index (κ3) is 3.24. The molecule has 7 rings (SSSR count). The van der Waals surface area contributed by atoms with Crippen molar-refractivity contribution < 1.29 is 9.47 Å². The summed E-state index contributed by atoms with van der Waals surface area (Å²) in [5, 5.41) is 12.0. The number of ether oxygens (including phenoxy) is 2. The molecular weight excluding hydrogens is 464 g/mol. The summed E-state index contributed by atoms with van der Waals surface area (Å²) >= 11 is 5.79. The molecule has 172 valence electrons. The Balaban J connectivity index is 1.36. The highest BCUT2D eigenvalue weighted by molar-refractivity contribution is 7.71. The summed E-state index contributed by atoms with van der Waals surface area (Å²) in [6.07, 6.45) is 1.68. The Morgan fingerprint density at radius 3 is 2.89 bits per heavy atom. The molecule has 4 heterocycles. The fraction of sp³-hybridized carbons (Fsp3) is 0.0833. The van der Waals surface area contributed by atoms with E-state index in [9.17, 15) is 0 Å². The van der Waals surface area contributed by atoms with Gasteiger partial charge in [0.05, 0.1) is 34.3 Å². The van der Waals surface area contributed by atoms with Crippen molar-refractivity contribution in [1.29, 1.82) is 0 Å². The topological polar surface area (TPSA) is 111 Å². The van der Waals surface area contributed by atoms with E-state index in [1.54, 1.807) is 6.33 Å². The zero-order valence-corrected chi connectivity index (χ0v) is 19.0. The van der Waals surface area contributed by atoms with Crippen LogP contribution in [0.5, 0.6) is 11.5 Å². The number of aromatic nitrogens is 7. The van der Waals surface area contributed by atoms with Crippen LogP contribution in [0.25, 0.3) is 39.0 Å². The minimum absolute atomic E-state index is 0.208. The molecule has 0 radical (unpaired) electrons. The largest absolute Gasteiger partial charge is 0.454 e. The summed E-state index contributed by atoms with van der Waals surface area (Å²) < 4.78 is 15.5. The maximum atomic E-state index is 5.79. The van der Waals surface area contributed by atoms with E-state index in [0.29, 0.717) is 17.2 Å². The van der Waals surface area contributed by atoms with Crippen LogP contribution >= 0.6 is 12.2 Å². The molecule has 6 aromatic rings. The van der Waals surface area contributed by atoms with E-state index < -0.39 is 0 Å². The first-order chi connectivity index (χ1) is 17.2. The molecule has 0 spiro atoms. The van der Waals surface area contributed by atoms with E-state index in [-0.39, 0.29) is 6.79 Å². The molecule has 35 heavy (non-hydrogen) atoms. The van der Waals surface area contributed by atoms with E-state index in [4.69, 9.17) is 21.7 Å². The van der Waals surface area contributed by atoms with Crippen LogP contribution in [0.2, 0.25) is 0 Å². The number of nitrogens with zero attached hydrogens (tertiary/aromatic N) is 5. The lowest BCUT2D eigenvalue weighted by Gasteiger charge is -2.13. The molecule has 10 nitrogen and oxygen atoms in total. The van der Waals surface area contributed by atoms with Gasteiger partial charge in [0.25, 0.3) is 0 Å². The summed E-state index contributed by atoms with van der Waals surface area (Å²) in [4.78, 5) is 10.8. The molecule has 0 saturated heterocycles. The predicted molar refractivity (Wildman–Crippen MR) is 133 cm³/mol. The van der Waals surface area contributed by atoms with Crippen LogP contribution in [-0.4, -0.2) is 41.3 Å². The van der Waals surface area contributed by atoms with E-state index in [1.807, 2.05) is 69.9 Å². The number of aromatic amines is 2. The number of imidazole rings is 2. The quantitative estimate of drug-likeness (QED) is 0.308. The highest BCUT2D eigenvalue weighted by Crippen LogP contribution is 2.39. The van der Waals surface area contributed by atoms with E-state index >= 15 is 0 Å². The van der Waals surface area contributed by atoms with Crippen LogP contribution < -0.4 is 14.8 Å². The first kappa shape index (κ1) is 19.8. The van der Waals surface area contributed by atoms with E-state index in [1.165, 1.54) is 0 Å². The number of anilines is 1. The Hall–Kier alpha value is -4.64. The smallest absolute Gasteiger partial charge is 0.231 e. The number of para-hydroxylation sites is 1. The molecule has 1 aliphatic heterocycles. The van der Waals surface area contributed by atoms with Crippen LogP contribution in [0.4, 0.5) is 5.82 Å². The fourth-order valence-electron chi connectivity index (χ4n) is 4.38. The van der Waals surface area contributed by atoms with Crippen molar-refractivity contribution >= 4 is 40.1 Å². The minimum atomic E-state index is 0.208. The van der Waals surface area contributed by atoms with Crippen molar-refractivity contribution in [3.05, 3.63) is 71.8 Å². The molecule has 0 aliphatic carbocycles. The lowest BCUT2D eigenvalue weighted by atomic mass is 10.1. The molecule has 3 aromatic heterocycles. The van der Waals surface area contributed by atoms with Crippen LogP contribution in [0.3, 0.4) is 0 Å². The normalized spacial score (nSPS) is 12.6. The van der Waals surface area contributed by atoms with Gasteiger partial charge in [-0.2, -0.15) is 0 Å². The second-order valence-corrected chi connectivity index (χ2v) is 8.46. The van der Waals surface area contributed by atoms with Crippen LogP contribution in [0.15, 0.2) is 67.0 Å². The number of benzene rings is 3. The molecular formula is C24H18N8O2S. The average molecular weight is 483 g/mol. The van der Waals surface area contributed by atoms with Crippen LogP contribution in [-0.2, 0) is 6.67 Å². The van der Waals surface area contributed by atoms with Gasteiger partial charge in [-0.1, -0.05) is 17.3 Å². The van der Waals surface area contributed by atoms with Gasteiger partial charge in [-0.3, -0.25) is 4.57 Å². The summed E-state index contributed by atoms with van der Waals surface area (Å²) in [6.45, 7) is 0.603. The van der Waals surface area contributed by atoms with Crippen molar-refractivity contribution in [2.75, 3.05) is 12.1 Å². The summed E-state index contributed by atoms with van der Waals surface area (Å²) in [7, 11) is 0. The van der Waals surface area contributed by atoms with Gasteiger partial charge in [0, 0.05) is 5.56 Å². The van der Waals surface area contributed by atoms with Crippen LogP contribution in [0, 0.1) is 4.77 Å². The number of hydrogen-bond acceptors (Lipinski definition) is 7. The summed E-state index contributed by atoms with van der Waals surface area (Å²) in [5.41, 5.74) is 6.25. The number of rotatable bonds is 5. The fourth-order valence-corrected chi connectivity index (χ4v) is 4.68. The number of fused-ring (bicyclic) bond motifs is 3. The SMILES string of the molecule is S=c1[nH]c(NCn2nnc3ccccc32)c(-c2ccc3c(c2)OCO3)n1-c1ccc2nc[nH]c2c1. The lowest BCUT2D eigenvalue weighted by molar-refractivity contribution is 0.174. The van der Waals surface area contributed by atoms with E-state index in [2.05, 4.69) is 30.6 Å². The second-order valence-electron chi connectivity index (χ2n) is 8.07. The molecule has 0 fully saturated rings. The van der Waals surface area contributed by atoms with Gasteiger partial charge in [-0.25, -0.2) is 9.67 Å². The van der Waals surface area contributed by atoms with Crippen molar-refractivity contribution in [2.24, 2.45) is 0 Å². The monoisotopic (exact) mass is 482 g/mol. The third-order valence-electron chi connectivity index (χ3n) is 6.03. The van der Waals surface area contributed by atoms with Gasteiger partial charge in [0.1, 0.15) is 18.0 Å². The van der Waals surface area contributed by atoms with Crippen molar-refractivity contribution in [1.82, 2.24) is 34.5 Å². The van der Waals surface area contributed by atoms with Crippen LogP contribution in [0.1, 0.15) is 0 Å². The van der Waals surface area contributed by atoms with Gasteiger partial charge >= 0.3 is 0 Å². The standard InChI is InChI=1S/C24H18N8O2S/c35-24-28-23(27-12-31-19-4-2-1-3-17(19)29-30-31)22(14-5-8-20-21(9-14)34-13-33-20)32(24)15-6-7-16-18(10-15)26-11-25-16/h1-11,27H,12-13H2,(H,25,26)(H,28,35). The molecule has 1 aliphatic rings. The Morgan fingerprint density at radius 2 is 1.91 bits per heavy atom. The number of hydrogen-bond donors (Lipinski definition) is 3. The average Bonchev–Trinajstić information content (AvgIpc) is 3.67. The molecule has 0 amide bonds. The lowest BCUT2D eigenvalue weighted by Crippen LogP contribution is -2.10. The molecule has 0 bridgehead atoms. The Labute approximate surface area is 203 Å². The van der Waals surface area contributed by atoms with Gasteiger partial charge in [-0.05, 0) is 60.7 Å². The highest BCUT2D eigenvalue weighted by Gasteiger charge is 2.21. The Morgan fingerprint density at radius 1 is 1.00 bits per heavy atom. The molecule has 3 N–H and O–H groups in total. The molecule has 0 unspecified atom stereocenters. The zero-order chi connectivity index (χ0) is 23.4. The van der Waals surface area contributed by atoms with Gasteiger partial charge in [0.15, 0.2) is 16.3 Å². The summed E-state index contributed by atoms with van der Waals surface area (Å²) in [5.74, 6) is 2.16. The molecule has 3 aromatic carbocycles. The minimum Gasteiger partial charge on any atom is -0.454 e.